The van der Waals surface area contributed by atoms with Gasteiger partial charge in [0, 0.05) is 19.1 Å². The van der Waals surface area contributed by atoms with Gasteiger partial charge in [-0.3, -0.25) is 4.90 Å². The van der Waals surface area contributed by atoms with Crippen LogP contribution in [0, 0.1) is 5.92 Å². The van der Waals surface area contributed by atoms with Gasteiger partial charge in [0.05, 0.1) is 0 Å². The van der Waals surface area contributed by atoms with Crippen LogP contribution in [-0.4, -0.2) is 24.0 Å². The quantitative estimate of drug-likeness (QED) is 0.770. The average Bonchev–Trinajstić information content (AvgIpc) is 3.21. The third-order valence-electron chi connectivity index (χ3n) is 3.76. The van der Waals surface area contributed by atoms with Crippen LogP contribution in [0.3, 0.4) is 0 Å². The molecule has 0 radical (unpaired) electrons. The first-order valence-electron chi connectivity index (χ1n) is 7.71. The second-order valence-electron chi connectivity index (χ2n) is 6.14. The lowest BCUT2D eigenvalue weighted by molar-refractivity contribution is 0.269. The molecule has 1 aromatic rings. The van der Waals surface area contributed by atoms with E-state index in [2.05, 4.69) is 55.3 Å². The fraction of sp³-hybridized carbons (Fsp3) is 0.647. The summed E-state index contributed by atoms with van der Waals surface area (Å²) in [4.78, 5) is 2.59. The molecule has 1 aromatic carbocycles. The maximum absolute atomic E-state index is 3.49. The van der Waals surface area contributed by atoms with E-state index in [-0.39, 0.29) is 0 Å². The first kappa shape index (κ1) is 14.5. The van der Waals surface area contributed by atoms with Crippen molar-refractivity contribution in [1.82, 2.24) is 10.2 Å². The highest BCUT2D eigenvalue weighted by atomic mass is 15.2. The van der Waals surface area contributed by atoms with Crippen molar-refractivity contribution in [2.45, 2.75) is 52.7 Å². The molecule has 1 aliphatic rings. The summed E-state index contributed by atoms with van der Waals surface area (Å²) in [5, 5.41) is 3.49. The van der Waals surface area contributed by atoms with Crippen LogP contribution in [0.1, 0.15) is 44.7 Å². The molecule has 0 aromatic heterocycles. The summed E-state index contributed by atoms with van der Waals surface area (Å²) in [7, 11) is 0. The van der Waals surface area contributed by atoms with Crippen molar-refractivity contribution in [3.05, 3.63) is 35.4 Å². The van der Waals surface area contributed by atoms with Crippen LogP contribution in [0.4, 0.5) is 0 Å². The van der Waals surface area contributed by atoms with Crippen molar-refractivity contribution in [3.8, 4) is 0 Å². The summed E-state index contributed by atoms with van der Waals surface area (Å²) in [6.45, 7) is 11.1. The maximum Gasteiger partial charge on any atom is 0.0236 e. The Labute approximate surface area is 118 Å². The van der Waals surface area contributed by atoms with Crippen molar-refractivity contribution in [3.63, 3.8) is 0 Å². The average molecular weight is 260 g/mol. The standard InChI is InChI=1S/C17H28N2/c1-4-19(17-9-10-17)13-16-7-5-15(6-8-16)12-18-11-14(2)3/h5-8,14,17-18H,4,9-13H2,1-3H3. The largest absolute Gasteiger partial charge is 0.312 e. The maximum atomic E-state index is 3.49. The molecule has 0 aliphatic heterocycles. The fourth-order valence-corrected chi connectivity index (χ4v) is 2.44. The van der Waals surface area contributed by atoms with E-state index >= 15 is 0 Å². The molecular weight excluding hydrogens is 232 g/mol. The second-order valence-corrected chi connectivity index (χ2v) is 6.14. The number of benzene rings is 1. The molecule has 19 heavy (non-hydrogen) atoms. The van der Waals surface area contributed by atoms with Gasteiger partial charge in [0.1, 0.15) is 0 Å². The van der Waals surface area contributed by atoms with Gasteiger partial charge in [-0.05, 0) is 43.0 Å². The Morgan fingerprint density at radius 3 is 2.32 bits per heavy atom. The van der Waals surface area contributed by atoms with Gasteiger partial charge in [-0.1, -0.05) is 45.0 Å². The molecule has 0 bridgehead atoms. The van der Waals surface area contributed by atoms with Gasteiger partial charge in [0.25, 0.3) is 0 Å². The van der Waals surface area contributed by atoms with Crippen LogP contribution in [0.2, 0.25) is 0 Å². The van der Waals surface area contributed by atoms with E-state index in [9.17, 15) is 0 Å². The van der Waals surface area contributed by atoms with Crippen molar-refractivity contribution in [2.75, 3.05) is 13.1 Å². The summed E-state index contributed by atoms with van der Waals surface area (Å²) in [6, 6.07) is 9.97. The smallest absolute Gasteiger partial charge is 0.0236 e. The molecule has 0 atom stereocenters. The summed E-state index contributed by atoms with van der Waals surface area (Å²) in [5.74, 6) is 0.718. The molecule has 1 aliphatic carbocycles. The lowest BCUT2D eigenvalue weighted by Gasteiger charge is -2.19. The number of nitrogens with zero attached hydrogens (tertiary/aromatic N) is 1. The zero-order chi connectivity index (χ0) is 13.7. The van der Waals surface area contributed by atoms with Crippen LogP contribution in [0.25, 0.3) is 0 Å². The third-order valence-corrected chi connectivity index (χ3v) is 3.76. The SMILES string of the molecule is CCN(Cc1ccc(CNCC(C)C)cc1)C1CC1. The normalized spacial score (nSPS) is 15.4. The van der Waals surface area contributed by atoms with Crippen LogP contribution in [0.15, 0.2) is 24.3 Å². The van der Waals surface area contributed by atoms with Crippen LogP contribution in [-0.2, 0) is 13.1 Å². The molecule has 2 heteroatoms. The number of rotatable bonds is 8. The number of hydrogen-bond donors (Lipinski definition) is 1. The molecule has 2 nitrogen and oxygen atoms in total. The minimum atomic E-state index is 0.718. The molecule has 1 fully saturated rings. The molecule has 106 valence electrons. The zero-order valence-corrected chi connectivity index (χ0v) is 12.7. The van der Waals surface area contributed by atoms with Crippen LogP contribution >= 0.6 is 0 Å². The van der Waals surface area contributed by atoms with E-state index in [1.807, 2.05) is 0 Å². The molecule has 0 amide bonds. The summed E-state index contributed by atoms with van der Waals surface area (Å²) < 4.78 is 0. The van der Waals surface area contributed by atoms with Gasteiger partial charge in [-0.15, -0.1) is 0 Å². The molecular formula is C17H28N2. The Morgan fingerprint density at radius 1 is 1.16 bits per heavy atom. The molecule has 1 N–H and O–H groups in total. The Kier molecular flexibility index (Phi) is 5.41. The Bertz CT molecular complexity index is 365. The fourth-order valence-electron chi connectivity index (χ4n) is 2.44. The number of nitrogens with one attached hydrogen (secondary N) is 1. The summed E-state index contributed by atoms with van der Waals surface area (Å²) in [5.41, 5.74) is 2.83. The lowest BCUT2D eigenvalue weighted by atomic mass is 10.1. The minimum absolute atomic E-state index is 0.718. The van der Waals surface area contributed by atoms with Gasteiger partial charge < -0.3 is 5.32 Å². The zero-order valence-electron chi connectivity index (χ0n) is 12.7. The van der Waals surface area contributed by atoms with Gasteiger partial charge in [-0.2, -0.15) is 0 Å². The monoisotopic (exact) mass is 260 g/mol. The Balaban J connectivity index is 1.80. The summed E-state index contributed by atoms with van der Waals surface area (Å²) in [6.07, 6.45) is 2.79. The highest BCUT2D eigenvalue weighted by Crippen LogP contribution is 2.27. The highest BCUT2D eigenvalue weighted by molar-refractivity contribution is 5.22. The molecule has 0 spiro atoms. The molecule has 0 unspecified atom stereocenters. The molecule has 0 heterocycles. The van der Waals surface area contributed by atoms with Gasteiger partial charge in [0.2, 0.25) is 0 Å². The molecule has 0 saturated heterocycles. The first-order chi connectivity index (χ1) is 9.19. The van der Waals surface area contributed by atoms with E-state index in [4.69, 9.17) is 0 Å². The third kappa shape index (κ3) is 4.96. The van der Waals surface area contributed by atoms with Crippen molar-refractivity contribution in [2.24, 2.45) is 5.92 Å². The van der Waals surface area contributed by atoms with E-state index in [0.29, 0.717) is 0 Å². The van der Waals surface area contributed by atoms with E-state index in [0.717, 1.165) is 31.6 Å². The van der Waals surface area contributed by atoms with Gasteiger partial charge >= 0.3 is 0 Å². The van der Waals surface area contributed by atoms with Gasteiger partial charge in [0.15, 0.2) is 0 Å². The topological polar surface area (TPSA) is 15.3 Å². The predicted molar refractivity (Wildman–Crippen MR) is 82.1 cm³/mol. The van der Waals surface area contributed by atoms with Crippen LogP contribution in [0.5, 0.6) is 0 Å². The van der Waals surface area contributed by atoms with Gasteiger partial charge in [-0.25, -0.2) is 0 Å². The molecule has 1 saturated carbocycles. The van der Waals surface area contributed by atoms with Crippen molar-refractivity contribution >= 4 is 0 Å². The Morgan fingerprint density at radius 2 is 1.79 bits per heavy atom. The summed E-state index contributed by atoms with van der Waals surface area (Å²) >= 11 is 0. The lowest BCUT2D eigenvalue weighted by Crippen LogP contribution is -2.25. The van der Waals surface area contributed by atoms with E-state index in [1.165, 1.54) is 30.5 Å². The second kappa shape index (κ2) is 7.06. The van der Waals surface area contributed by atoms with E-state index in [1.54, 1.807) is 0 Å². The number of hydrogen-bond acceptors (Lipinski definition) is 2. The molecule has 2 rings (SSSR count). The van der Waals surface area contributed by atoms with E-state index < -0.39 is 0 Å². The van der Waals surface area contributed by atoms with Crippen LogP contribution < -0.4 is 5.32 Å². The highest BCUT2D eigenvalue weighted by Gasteiger charge is 2.27. The minimum Gasteiger partial charge on any atom is -0.312 e. The van der Waals surface area contributed by atoms with Crippen molar-refractivity contribution in [1.29, 1.82) is 0 Å². The first-order valence-corrected chi connectivity index (χ1v) is 7.71. The Hall–Kier alpha value is -0.860. The van der Waals surface area contributed by atoms with Crippen molar-refractivity contribution < 1.29 is 0 Å². The predicted octanol–water partition coefficient (Wildman–Crippen LogP) is 3.42.